The number of benzene rings is 1. The van der Waals surface area contributed by atoms with Gasteiger partial charge in [-0.2, -0.15) is 23.1 Å². The highest BCUT2D eigenvalue weighted by atomic mass is 32.2. The standard InChI is InChI=1S/C27H23F3N8O2S2/c1-15-3-4-19(37-42(39,40)14-20-10-18(5-6-31-20)27(28,29)30)11-21(15)22-9-17-12-33-25(36-26-34-16(2)13-41-26)35-23(17)38-8-7-32-24(22)38/h3-6,9-13,32,37H,7-8,14H2,1-2H3/b36-25+. The molecule has 0 saturated carbocycles. The average molecular weight is 613 g/mol. The van der Waals surface area contributed by atoms with Gasteiger partial charge in [-0.3, -0.25) is 9.71 Å². The zero-order chi connectivity index (χ0) is 29.6. The van der Waals surface area contributed by atoms with Crippen molar-refractivity contribution in [2.24, 2.45) is 4.99 Å². The Labute approximate surface area is 242 Å². The third-order valence-electron chi connectivity index (χ3n) is 6.58. The highest BCUT2D eigenvalue weighted by Crippen LogP contribution is 2.39. The van der Waals surface area contributed by atoms with Crippen molar-refractivity contribution in [3.8, 4) is 22.5 Å². The molecule has 3 aromatic rings. The Morgan fingerprint density at radius 2 is 1.93 bits per heavy atom. The molecule has 15 heteroatoms. The molecule has 0 atom stereocenters. The topological polar surface area (TPSA) is 127 Å². The number of alkyl halides is 3. The van der Waals surface area contributed by atoms with E-state index in [2.05, 4.69) is 35.0 Å². The van der Waals surface area contributed by atoms with E-state index in [1.165, 1.54) is 11.3 Å². The number of hydrogen-bond donors (Lipinski definition) is 2. The molecule has 6 rings (SSSR count). The summed E-state index contributed by atoms with van der Waals surface area (Å²) >= 11 is 1.41. The Hall–Kier alpha value is -4.37. The van der Waals surface area contributed by atoms with Crippen LogP contribution in [0.5, 0.6) is 0 Å². The van der Waals surface area contributed by atoms with Gasteiger partial charge in [0.05, 0.1) is 17.0 Å². The Kier molecular flexibility index (Phi) is 6.93. The number of nitrogens with zero attached hydrogens (tertiary/aromatic N) is 6. The van der Waals surface area contributed by atoms with Crippen LogP contribution >= 0.6 is 11.3 Å². The first-order valence-corrected chi connectivity index (χ1v) is 15.2. The zero-order valence-electron chi connectivity index (χ0n) is 22.3. The molecule has 0 saturated heterocycles. The Balaban J connectivity index is 1.34. The smallest absolute Gasteiger partial charge is 0.369 e. The van der Waals surface area contributed by atoms with Crippen LogP contribution in [0.25, 0.3) is 22.5 Å². The first-order valence-electron chi connectivity index (χ1n) is 12.7. The van der Waals surface area contributed by atoms with Crippen molar-refractivity contribution in [1.29, 1.82) is 0 Å². The number of rotatable bonds is 6. The summed E-state index contributed by atoms with van der Waals surface area (Å²) in [5.41, 5.74) is 3.51. The van der Waals surface area contributed by atoms with Crippen molar-refractivity contribution < 1.29 is 21.6 Å². The molecule has 3 aliphatic heterocycles. The van der Waals surface area contributed by atoms with Crippen molar-refractivity contribution in [3.63, 3.8) is 0 Å². The largest absolute Gasteiger partial charge is 0.416 e. The molecular formula is C27H23F3N8O2S2. The van der Waals surface area contributed by atoms with Crippen molar-refractivity contribution in [1.82, 2.24) is 24.5 Å². The predicted octanol–water partition coefficient (Wildman–Crippen LogP) is 5.14. The van der Waals surface area contributed by atoms with Gasteiger partial charge in [-0.25, -0.2) is 18.4 Å². The first-order chi connectivity index (χ1) is 19.9. The lowest BCUT2D eigenvalue weighted by molar-refractivity contribution is -0.137. The van der Waals surface area contributed by atoms with Crippen molar-refractivity contribution in [2.45, 2.75) is 32.3 Å². The molecular weight excluding hydrogens is 589 g/mol. The summed E-state index contributed by atoms with van der Waals surface area (Å²) in [7, 11) is -4.07. The number of fused-ring (bicyclic) bond motifs is 3. The summed E-state index contributed by atoms with van der Waals surface area (Å²) in [6.07, 6.45) is -1.96. The van der Waals surface area contributed by atoms with Gasteiger partial charge >= 0.3 is 6.18 Å². The van der Waals surface area contributed by atoms with E-state index < -0.39 is 27.5 Å². The molecule has 0 radical (unpaired) electrons. The second-order valence-corrected chi connectivity index (χ2v) is 12.3. The van der Waals surface area contributed by atoms with Crippen LogP contribution in [0.2, 0.25) is 0 Å². The van der Waals surface area contributed by atoms with Gasteiger partial charge in [-0.05, 0) is 55.3 Å². The number of aryl methyl sites for hydroxylation is 2. The molecule has 42 heavy (non-hydrogen) atoms. The maximum absolute atomic E-state index is 13.1. The van der Waals surface area contributed by atoms with E-state index >= 15 is 0 Å². The van der Waals surface area contributed by atoms with Gasteiger partial charge in [0.1, 0.15) is 17.4 Å². The number of halogens is 3. The lowest BCUT2D eigenvalue weighted by Crippen LogP contribution is -2.17. The van der Waals surface area contributed by atoms with Gasteiger partial charge in [-0.15, -0.1) is 11.3 Å². The van der Waals surface area contributed by atoms with E-state index in [0.717, 1.165) is 52.1 Å². The van der Waals surface area contributed by atoms with E-state index in [-0.39, 0.29) is 11.4 Å². The number of thiazole rings is 1. The molecule has 0 spiro atoms. The maximum Gasteiger partial charge on any atom is 0.416 e. The number of aromatic nitrogens is 5. The Bertz CT molecular complexity index is 1970. The fraction of sp³-hybridized carbons (Fsp3) is 0.222. The van der Waals surface area contributed by atoms with Crippen molar-refractivity contribution in [3.05, 3.63) is 82.3 Å². The number of nitrogens with one attached hydrogen (secondary N) is 2. The average Bonchev–Trinajstić information content (AvgIpc) is 3.58. The molecule has 3 aliphatic rings. The molecule has 0 bridgehead atoms. The van der Waals surface area contributed by atoms with Crippen LogP contribution in [0.4, 0.5) is 29.8 Å². The van der Waals surface area contributed by atoms with Crippen LogP contribution in [0.3, 0.4) is 0 Å². The molecule has 2 aromatic heterocycles. The van der Waals surface area contributed by atoms with Crippen LogP contribution in [-0.2, 0) is 28.5 Å². The van der Waals surface area contributed by atoms with Crippen LogP contribution in [0.15, 0.2) is 59.2 Å². The number of anilines is 2. The SMILES string of the molecule is Cc1csc(/N=c2\ncc3cc(-c4cc(NS(=O)(=O)Cc5cc(C(F)(F)F)ccn5)ccc4C)c4n(c-3n2)CCN4)n1. The molecule has 0 aliphatic carbocycles. The molecule has 0 amide bonds. The highest BCUT2D eigenvalue weighted by Gasteiger charge is 2.31. The predicted molar refractivity (Wildman–Crippen MR) is 153 cm³/mol. The van der Waals surface area contributed by atoms with Crippen LogP contribution in [0, 0.1) is 13.8 Å². The minimum Gasteiger partial charge on any atom is -0.369 e. The summed E-state index contributed by atoms with van der Waals surface area (Å²) < 4.78 is 69.6. The quantitative estimate of drug-likeness (QED) is 0.272. The zero-order valence-corrected chi connectivity index (χ0v) is 23.9. The van der Waals surface area contributed by atoms with E-state index in [4.69, 9.17) is 0 Å². The van der Waals surface area contributed by atoms with Gasteiger partial charge in [0.25, 0.3) is 5.62 Å². The van der Waals surface area contributed by atoms with Crippen LogP contribution < -0.4 is 15.7 Å². The first kappa shape index (κ1) is 27.8. The van der Waals surface area contributed by atoms with Gasteiger partial charge in [-0.1, -0.05) is 6.07 Å². The molecule has 1 aromatic carbocycles. The normalized spacial score (nSPS) is 13.8. The van der Waals surface area contributed by atoms with Gasteiger partial charge < -0.3 is 9.88 Å². The molecule has 2 N–H and O–H groups in total. The summed E-state index contributed by atoms with van der Waals surface area (Å²) in [6.45, 7) is 5.12. The minimum atomic E-state index is -4.60. The third-order valence-corrected chi connectivity index (χ3v) is 8.65. The van der Waals surface area contributed by atoms with Crippen LogP contribution in [-0.4, -0.2) is 39.5 Å². The lowest BCUT2D eigenvalue weighted by Gasteiger charge is -2.19. The molecule has 216 valence electrons. The molecule has 0 unspecified atom stereocenters. The molecule has 5 heterocycles. The van der Waals surface area contributed by atoms with Crippen molar-refractivity contribution in [2.75, 3.05) is 16.6 Å². The maximum atomic E-state index is 13.1. The third kappa shape index (κ3) is 5.69. The van der Waals surface area contributed by atoms with E-state index in [9.17, 15) is 21.6 Å². The second-order valence-electron chi connectivity index (χ2n) is 9.74. The number of pyridine rings is 2. The fourth-order valence-corrected chi connectivity index (χ4v) is 6.48. The lowest BCUT2D eigenvalue weighted by atomic mass is 9.98. The minimum absolute atomic E-state index is 0.214. The number of sulfonamides is 1. The van der Waals surface area contributed by atoms with Gasteiger partial charge in [0.2, 0.25) is 15.2 Å². The number of hydrogen-bond acceptors (Lipinski definition) is 9. The van der Waals surface area contributed by atoms with E-state index in [0.29, 0.717) is 29.7 Å². The highest BCUT2D eigenvalue weighted by molar-refractivity contribution is 7.91. The molecule has 0 fully saturated rings. The fourth-order valence-electron chi connectivity index (χ4n) is 4.72. The van der Waals surface area contributed by atoms with Gasteiger partial charge in [0.15, 0.2) is 0 Å². The van der Waals surface area contributed by atoms with E-state index in [1.54, 1.807) is 24.4 Å². The Morgan fingerprint density at radius 1 is 1.10 bits per heavy atom. The molecule has 10 nitrogen and oxygen atoms in total. The summed E-state index contributed by atoms with van der Waals surface area (Å²) in [4.78, 5) is 21.7. The van der Waals surface area contributed by atoms with Gasteiger partial charge in [0, 0.05) is 47.7 Å². The van der Waals surface area contributed by atoms with Crippen LogP contribution in [0.1, 0.15) is 22.5 Å². The summed E-state index contributed by atoms with van der Waals surface area (Å²) in [5.74, 6) is 0.797. The Morgan fingerprint density at radius 3 is 2.69 bits per heavy atom. The van der Waals surface area contributed by atoms with E-state index in [1.807, 2.05) is 29.9 Å². The van der Waals surface area contributed by atoms with Crippen molar-refractivity contribution >= 4 is 38.0 Å². The summed E-state index contributed by atoms with van der Waals surface area (Å²) in [5, 5.41) is 5.88. The second kappa shape index (κ2) is 10.5. The summed E-state index contributed by atoms with van der Waals surface area (Å²) in [6, 6.07) is 8.55. The monoisotopic (exact) mass is 612 g/mol.